The largest absolute Gasteiger partial charge is 0.491 e. The molecular weight excluding hydrogens is 436 g/mol. The van der Waals surface area contributed by atoms with Gasteiger partial charge in [0.25, 0.3) is 0 Å². The monoisotopic (exact) mass is 472 g/mol. The number of hydrogen-bond donors (Lipinski definition) is 0. The average molecular weight is 473 g/mol. The molecule has 3 aromatic carbocycles. The van der Waals surface area contributed by atoms with Crippen LogP contribution in [0.1, 0.15) is 45.4 Å². The minimum absolute atomic E-state index is 0.151. The molecule has 0 amide bonds. The van der Waals surface area contributed by atoms with Crippen LogP contribution in [0.3, 0.4) is 0 Å². The second-order valence-electron chi connectivity index (χ2n) is 9.63. The summed E-state index contributed by atoms with van der Waals surface area (Å²) in [5.74, 6) is 1.81. The van der Waals surface area contributed by atoms with Crippen LogP contribution in [-0.2, 0) is 9.47 Å². The minimum atomic E-state index is 0.151. The molecule has 3 aromatic rings. The highest BCUT2D eigenvalue weighted by atomic mass is 16.6. The fourth-order valence-corrected chi connectivity index (χ4v) is 4.42. The summed E-state index contributed by atoms with van der Waals surface area (Å²) >= 11 is 0. The number of rotatable bonds is 14. The molecule has 2 saturated heterocycles. The third-order valence-corrected chi connectivity index (χ3v) is 6.73. The molecule has 3 unspecified atom stereocenters. The zero-order chi connectivity index (χ0) is 23.9. The van der Waals surface area contributed by atoms with E-state index in [-0.39, 0.29) is 18.3 Å². The fourth-order valence-electron chi connectivity index (χ4n) is 4.42. The summed E-state index contributed by atoms with van der Waals surface area (Å²) in [4.78, 5) is 0. The molecule has 3 atom stereocenters. The quantitative estimate of drug-likeness (QED) is 0.182. The summed E-state index contributed by atoms with van der Waals surface area (Å²) in [6, 6.07) is 25.4. The van der Waals surface area contributed by atoms with Gasteiger partial charge in [0.15, 0.2) is 0 Å². The van der Waals surface area contributed by atoms with Crippen LogP contribution in [0, 0.1) is 0 Å². The molecule has 2 fully saturated rings. The van der Waals surface area contributed by atoms with E-state index in [9.17, 15) is 0 Å². The molecule has 184 valence electrons. The van der Waals surface area contributed by atoms with Crippen molar-refractivity contribution in [2.24, 2.45) is 0 Å². The zero-order valence-corrected chi connectivity index (χ0v) is 20.7. The molecule has 2 heterocycles. The predicted molar refractivity (Wildman–Crippen MR) is 140 cm³/mol. The summed E-state index contributed by atoms with van der Waals surface area (Å²) in [5, 5.41) is 0. The van der Waals surface area contributed by atoms with Crippen molar-refractivity contribution in [1.82, 2.24) is 0 Å². The predicted octanol–water partition coefficient (Wildman–Crippen LogP) is 7.30. The van der Waals surface area contributed by atoms with Crippen LogP contribution >= 0.6 is 0 Å². The second kappa shape index (κ2) is 11.7. The van der Waals surface area contributed by atoms with Gasteiger partial charge in [-0.3, -0.25) is 0 Å². The third kappa shape index (κ3) is 7.09. The molecule has 0 aromatic heterocycles. The normalized spacial score (nSPS) is 19.2. The van der Waals surface area contributed by atoms with Gasteiger partial charge in [-0.2, -0.15) is 0 Å². The van der Waals surface area contributed by atoms with E-state index in [4.69, 9.17) is 18.9 Å². The van der Waals surface area contributed by atoms with E-state index in [2.05, 4.69) is 67.6 Å². The molecule has 0 radical (unpaired) electrons. The molecule has 4 nitrogen and oxygen atoms in total. The Balaban J connectivity index is 1.19. The van der Waals surface area contributed by atoms with Gasteiger partial charge < -0.3 is 18.9 Å². The van der Waals surface area contributed by atoms with E-state index in [1.807, 2.05) is 12.1 Å². The Morgan fingerprint density at radius 2 is 1.40 bits per heavy atom. The maximum absolute atomic E-state index is 6.41. The zero-order valence-electron chi connectivity index (χ0n) is 20.7. The molecule has 4 heteroatoms. The SMILES string of the molecule is CCCCCCCC(Oc1cccc(-c2ccc(-c3ccc(OCC4CO4)cc3)cc2)c1)C1CO1. The van der Waals surface area contributed by atoms with Crippen LogP contribution in [0.25, 0.3) is 22.3 Å². The summed E-state index contributed by atoms with van der Waals surface area (Å²) in [6.45, 7) is 4.52. The molecule has 2 aliphatic rings. The number of hydrogen-bond acceptors (Lipinski definition) is 4. The fraction of sp³-hybridized carbons (Fsp3) is 0.419. The van der Waals surface area contributed by atoms with E-state index in [1.165, 1.54) is 54.4 Å². The molecular formula is C31H36O4. The van der Waals surface area contributed by atoms with Gasteiger partial charge in [-0.15, -0.1) is 0 Å². The lowest BCUT2D eigenvalue weighted by Gasteiger charge is -2.18. The summed E-state index contributed by atoms with van der Waals surface area (Å²) in [6.07, 6.45) is 8.13. The van der Waals surface area contributed by atoms with Crippen LogP contribution in [0.5, 0.6) is 11.5 Å². The molecule has 0 N–H and O–H groups in total. The minimum Gasteiger partial charge on any atom is -0.491 e. The van der Waals surface area contributed by atoms with Crippen molar-refractivity contribution in [3.05, 3.63) is 72.8 Å². The Kier molecular flexibility index (Phi) is 8.02. The van der Waals surface area contributed by atoms with E-state index in [0.717, 1.165) is 31.1 Å². The van der Waals surface area contributed by atoms with Crippen molar-refractivity contribution in [1.29, 1.82) is 0 Å². The first-order valence-electron chi connectivity index (χ1n) is 13.1. The van der Waals surface area contributed by atoms with Gasteiger partial charge in [-0.1, -0.05) is 81.1 Å². The Bertz CT molecular complexity index is 1050. The smallest absolute Gasteiger partial charge is 0.127 e. The topological polar surface area (TPSA) is 43.5 Å². The Labute approximate surface area is 209 Å². The third-order valence-electron chi connectivity index (χ3n) is 6.73. The van der Waals surface area contributed by atoms with E-state index >= 15 is 0 Å². The molecule has 35 heavy (non-hydrogen) atoms. The average Bonchev–Trinajstić information content (AvgIpc) is 3.82. The lowest BCUT2D eigenvalue weighted by atomic mass is 10.00. The van der Waals surface area contributed by atoms with Crippen molar-refractivity contribution < 1.29 is 18.9 Å². The first-order chi connectivity index (χ1) is 17.3. The van der Waals surface area contributed by atoms with Crippen LogP contribution in [0.15, 0.2) is 72.8 Å². The van der Waals surface area contributed by atoms with Gasteiger partial charge >= 0.3 is 0 Å². The molecule has 0 spiro atoms. The summed E-state index contributed by atoms with van der Waals surface area (Å²) < 4.78 is 22.9. The Hall–Kier alpha value is -2.82. The van der Waals surface area contributed by atoms with Crippen molar-refractivity contribution >= 4 is 0 Å². The highest BCUT2D eigenvalue weighted by Crippen LogP contribution is 2.30. The van der Waals surface area contributed by atoms with E-state index in [1.54, 1.807) is 0 Å². The second-order valence-corrected chi connectivity index (χ2v) is 9.63. The van der Waals surface area contributed by atoms with Crippen LogP contribution in [-0.4, -0.2) is 38.1 Å². The van der Waals surface area contributed by atoms with E-state index < -0.39 is 0 Å². The molecule has 5 rings (SSSR count). The number of unbranched alkanes of at least 4 members (excludes halogenated alkanes) is 4. The van der Waals surface area contributed by atoms with Crippen molar-refractivity contribution in [3.8, 4) is 33.8 Å². The Morgan fingerprint density at radius 3 is 2.06 bits per heavy atom. The number of epoxide rings is 2. The lowest BCUT2D eigenvalue weighted by molar-refractivity contribution is 0.147. The van der Waals surface area contributed by atoms with Gasteiger partial charge in [0.05, 0.1) is 13.2 Å². The molecule has 0 saturated carbocycles. The van der Waals surface area contributed by atoms with Crippen molar-refractivity contribution in [2.75, 3.05) is 19.8 Å². The van der Waals surface area contributed by atoms with Gasteiger partial charge in [-0.25, -0.2) is 0 Å². The van der Waals surface area contributed by atoms with Crippen molar-refractivity contribution in [3.63, 3.8) is 0 Å². The number of benzene rings is 3. The van der Waals surface area contributed by atoms with Crippen molar-refractivity contribution in [2.45, 2.75) is 63.8 Å². The molecule has 2 aliphatic heterocycles. The van der Waals surface area contributed by atoms with Crippen LogP contribution in [0.2, 0.25) is 0 Å². The Morgan fingerprint density at radius 1 is 0.743 bits per heavy atom. The summed E-state index contributed by atoms with van der Waals surface area (Å²) in [7, 11) is 0. The lowest BCUT2D eigenvalue weighted by Crippen LogP contribution is -2.23. The highest BCUT2D eigenvalue weighted by Gasteiger charge is 2.34. The summed E-state index contributed by atoms with van der Waals surface area (Å²) in [5.41, 5.74) is 4.71. The van der Waals surface area contributed by atoms with Gasteiger partial charge in [0.1, 0.15) is 36.4 Å². The highest BCUT2D eigenvalue weighted by molar-refractivity contribution is 5.71. The molecule has 0 bridgehead atoms. The van der Waals surface area contributed by atoms with Crippen LogP contribution in [0.4, 0.5) is 0 Å². The van der Waals surface area contributed by atoms with E-state index in [0.29, 0.717) is 6.61 Å². The van der Waals surface area contributed by atoms with Gasteiger partial charge in [-0.05, 0) is 59.4 Å². The first kappa shape index (κ1) is 23.9. The van der Waals surface area contributed by atoms with Crippen LogP contribution < -0.4 is 9.47 Å². The van der Waals surface area contributed by atoms with Gasteiger partial charge in [0, 0.05) is 0 Å². The first-order valence-corrected chi connectivity index (χ1v) is 13.1. The maximum Gasteiger partial charge on any atom is 0.127 e. The van der Waals surface area contributed by atoms with Gasteiger partial charge in [0.2, 0.25) is 0 Å². The molecule has 0 aliphatic carbocycles. The standard InChI is InChI=1S/C31H36O4/c1-2-3-4-5-6-10-30(31-22-34-31)35-28-9-7-8-26(19-28)25-13-11-23(12-14-25)24-15-17-27(18-16-24)32-20-29-21-33-29/h7-9,11-19,29-31H,2-6,10,20-22H2,1H3. The number of ether oxygens (including phenoxy) is 4. The maximum atomic E-state index is 6.41.